The van der Waals surface area contributed by atoms with E-state index < -0.39 is 0 Å². The van der Waals surface area contributed by atoms with Crippen molar-refractivity contribution in [3.05, 3.63) is 56.7 Å². The van der Waals surface area contributed by atoms with Gasteiger partial charge >= 0.3 is 0 Å². The van der Waals surface area contributed by atoms with Crippen molar-refractivity contribution in [1.29, 1.82) is 0 Å². The average molecular weight is 311 g/mol. The largest absolute Gasteiger partial charge is 0.389 e. The third-order valence-corrected chi connectivity index (χ3v) is 3.95. The predicted molar refractivity (Wildman–Crippen MR) is 82.8 cm³/mol. The lowest BCUT2D eigenvalue weighted by atomic mass is 10.1. The van der Waals surface area contributed by atoms with Gasteiger partial charge in [0.05, 0.1) is 10.9 Å². The molecular formula is C13H11ClN2OS2. The lowest BCUT2D eigenvalue weighted by Gasteiger charge is -2.04. The van der Waals surface area contributed by atoms with Gasteiger partial charge in [-0.15, -0.1) is 11.3 Å². The molecule has 6 heteroatoms. The lowest BCUT2D eigenvalue weighted by molar-refractivity contribution is 0.0951. The molecule has 0 aliphatic rings. The fraction of sp³-hybridized carbons (Fsp3) is 0.0769. The summed E-state index contributed by atoms with van der Waals surface area (Å²) in [5.41, 5.74) is 6.82. The van der Waals surface area contributed by atoms with Gasteiger partial charge in [-0.25, -0.2) is 0 Å². The SMILES string of the molecule is NC(=S)c1ccc(C(=O)NCc2ccc(Cl)s2)cc1. The molecule has 3 nitrogen and oxygen atoms in total. The van der Waals surface area contributed by atoms with Gasteiger partial charge in [-0.1, -0.05) is 36.0 Å². The van der Waals surface area contributed by atoms with Crippen molar-refractivity contribution in [2.45, 2.75) is 6.54 Å². The third kappa shape index (κ3) is 3.76. The molecule has 2 aromatic rings. The molecule has 3 N–H and O–H groups in total. The molecule has 0 aliphatic carbocycles. The third-order valence-electron chi connectivity index (χ3n) is 2.48. The van der Waals surface area contributed by atoms with Crippen LogP contribution in [0.5, 0.6) is 0 Å². The molecule has 98 valence electrons. The summed E-state index contributed by atoms with van der Waals surface area (Å²) in [7, 11) is 0. The molecule has 1 aromatic heterocycles. The number of nitrogens with one attached hydrogen (secondary N) is 1. The molecule has 0 saturated heterocycles. The van der Waals surface area contributed by atoms with E-state index in [4.69, 9.17) is 29.6 Å². The van der Waals surface area contributed by atoms with Crippen LogP contribution in [0.15, 0.2) is 36.4 Å². The molecule has 0 atom stereocenters. The smallest absolute Gasteiger partial charge is 0.251 e. The number of carbonyl (C=O) groups is 1. The second-order valence-electron chi connectivity index (χ2n) is 3.83. The van der Waals surface area contributed by atoms with Gasteiger partial charge in [0.15, 0.2) is 0 Å². The lowest BCUT2D eigenvalue weighted by Crippen LogP contribution is -2.22. The fourth-order valence-corrected chi connectivity index (χ4v) is 2.67. The molecule has 1 heterocycles. The number of halogens is 1. The van der Waals surface area contributed by atoms with Crippen molar-refractivity contribution in [2.24, 2.45) is 5.73 Å². The van der Waals surface area contributed by atoms with Crippen molar-refractivity contribution >= 4 is 46.1 Å². The highest BCUT2D eigenvalue weighted by Crippen LogP contribution is 2.21. The van der Waals surface area contributed by atoms with E-state index in [2.05, 4.69) is 5.32 Å². The molecule has 0 bridgehead atoms. The summed E-state index contributed by atoms with van der Waals surface area (Å²) < 4.78 is 0.713. The van der Waals surface area contributed by atoms with Crippen molar-refractivity contribution in [3.63, 3.8) is 0 Å². The van der Waals surface area contributed by atoms with E-state index in [0.717, 1.165) is 10.4 Å². The van der Waals surface area contributed by atoms with Gasteiger partial charge in [-0.05, 0) is 24.3 Å². The van der Waals surface area contributed by atoms with Crippen LogP contribution in [-0.4, -0.2) is 10.9 Å². The maximum Gasteiger partial charge on any atom is 0.251 e. The first-order valence-electron chi connectivity index (χ1n) is 5.48. The Balaban J connectivity index is 1.98. The maximum absolute atomic E-state index is 11.9. The molecule has 0 saturated carbocycles. The minimum absolute atomic E-state index is 0.140. The molecule has 1 aromatic carbocycles. The van der Waals surface area contributed by atoms with Gasteiger partial charge in [-0.2, -0.15) is 0 Å². The Labute approximate surface area is 125 Å². The molecule has 0 fully saturated rings. The van der Waals surface area contributed by atoms with Crippen LogP contribution in [0.1, 0.15) is 20.8 Å². The molecule has 0 radical (unpaired) electrons. The van der Waals surface area contributed by atoms with E-state index in [-0.39, 0.29) is 5.91 Å². The Bertz CT molecular complexity index is 607. The average Bonchev–Trinajstić information content (AvgIpc) is 2.82. The van der Waals surface area contributed by atoms with Gasteiger partial charge in [0.25, 0.3) is 5.91 Å². The van der Waals surface area contributed by atoms with E-state index >= 15 is 0 Å². The number of carbonyl (C=O) groups excluding carboxylic acids is 1. The second kappa shape index (κ2) is 6.14. The van der Waals surface area contributed by atoms with Crippen LogP contribution in [0.25, 0.3) is 0 Å². The number of thiocarbonyl (C=S) groups is 1. The number of hydrogen-bond acceptors (Lipinski definition) is 3. The van der Waals surface area contributed by atoms with E-state index in [9.17, 15) is 4.79 Å². The Morgan fingerprint density at radius 2 is 1.84 bits per heavy atom. The molecule has 19 heavy (non-hydrogen) atoms. The summed E-state index contributed by atoms with van der Waals surface area (Å²) >= 11 is 12.1. The van der Waals surface area contributed by atoms with Gasteiger partial charge in [0.2, 0.25) is 0 Å². The summed E-state index contributed by atoms with van der Waals surface area (Å²) in [4.78, 5) is 13.2. The summed E-state index contributed by atoms with van der Waals surface area (Å²) in [6.07, 6.45) is 0. The Morgan fingerprint density at radius 3 is 2.37 bits per heavy atom. The monoisotopic (exact) mass is 310 g/mol. The Morgan fingerprint density at radius 1 is 1.21 bits per heavy atom. The molecule has 1 amide bonds. The van der Waals surface area contributed by atoms with Crippen molar-refractivity contribution in [2.75, 3.05) is 0 Å². The molecule has 0 aliphatic heterocycles. The summed E-state index contributed by atoms with van der Waals surface area (Å²) in [6, 6.07) is 10.6. The highest BCUT2D eigenvalue weighted by Gasteiger charge is 2.06. The quantitative estimate of drug-likeness (QED) is 0.854. The van der Waals surface area contributed by atoms with E-state index in [1.54, 1.807) is 24.3 Å². The van der Waals surface area contributed by atoms with Gasteiger partial charge < -0.3 is 11.1 Å². The van der Waals surface area contributed by atoms with Crippen LogP contribution < -0.4 is 11.1 Å². The number of thiophene rings is 1. The van der Waals surface area contributed by atoms with Crippen molar-refractivity contribution in [1.82, 2.24) is 5.32 Å². The van der Waals surface area contributed by atoms with E-state index in [0.29, 0.717) is 21.4 Å². The normalized spacial score (nSPS) is 10.2. The molecule has 0 spiro atoms. The standard InChI is InChI=1S/C13H11ClN2OS2/c14-11-6-5-10(19-11)7-16-13(17)9-3-1-8(2-4-9)12(15)18/h1-6H,7H2,(H2,15,18)(H,16,17). The number of nitrogens with two attached hydrogens (primary N) is 1. The first-order valence-corrected chi connectivity index (χ1v) is 7.09. The van der Waals surface area contributed by atoms with Crippen LogP contribution in [0, 0.1) is 0 Å². The van der Waals surface area contributed by atoms with Gasteiger partial charge in [0, 0.05) is 16.0 Å². The van der Waals surface area contributed by atoms with E-state index in [1.807, 2.05) is 12.1 Å². The molecule has 2 rings (SSSR count). The summed E-state index contributed by atoms with van der Waals surface area (Å²) in [5.74, 6) is -0.140. The van der Waals surface area contributed by atoms with Crippen LogP contribution in [-0.2, 0) is 6.54 Å². The maximum atomic E-state index is 11.9. The first kappa shape index (κ1) is 14.0. The van der Waals surface area contributed by atoms with E-state index in [1.165, 1.54) is 11.3 Å². The zero-order valence-electron chi connectivity index (χ0n) is 9.85. The van der Waals surface area contributed by atoms with Crippen molar-refractivity contribution in [3.8, 4) is 0 Å². The number of rotatable bonds is 4. The molecule has 0 unspecified atom stereocenters. The highest BCUT2D eigenvalue weighted by atomic mass is 35.5. The minimum atomic E-state index is -0.140. The Hall–Kier alpha value is -1.43. The zero-order valence-corrected chi connectivity index (χ0v) is 12.2. The second-order valence-corrected chi connectivity index (χ2v) is 6.07. The van der Waals surface area contributed by atoms with Crippen LogP contribution in [0.4, 0.5) is 0 Å². The van der Waals surface area contributed by atoms with Crippen LogP contribution >= 0.6 is 35.2 Å². The van der Waals surface area contributed by atoms with Crippen LogP contribution in [0.3, 0.4) is 0 Å². The number of amides is 1. The minimum Gasteiger partial charge on any atom is -0.389 e. The first-order chi connectivity index (χ1) is 9.06. The van der Waals surface area contributed by atoms with Crippen LogP contribution in [0.2, 0.25) is 4.34 Å². The zero-order chi connectivity index (χ0) is 13.8. The van der Waals surface area contributed by atoms with Gasteiger partial charge in [0.1, 0.15) is 4.99 Å². The van der Waals surface area contributed by atoms with Gasteiger partial charge in [-0.3, -0.25) is 4.79 Å². The number of benzene rings is 1. The molecular weight excluding hydrogens is 300 g/mol. The topological polar surface area (TPSA) is 55.1 Å². The summed E-state index contributed by atoms with van der Waals surface area (Å²) in [5, 5.41) is 2.83. The Kier molecular flexibility index (Phi) is 4.52. The highest BCUT2D eigenvalue weighted by molar-refractivity contribution is 7.80. The fourth-order valence-electron chi connectivity index (χ4n) is 1.50. The number of hydrogen-bond donors (Lipinski definition) is 2. The summed E-state index contributed by atoms with van der Waals surface area (Å²) in [6.45, 7) is 0.466. The van der Waals surface area contributed by atoms with Crippen molar-refractivity contribution < 1.29 is 4.79 Å². The predicted octanol–water partition coefficient (Wildman–Crippen LogP) is 2.97.